The van der Waals surface area contributed by atoms with Gasteiger partial charge in [-0.25, -0.2) is 13.4 Å². The third kappa shape index (κ3) is 4.21. The summed E-state index contributed by atoms with van der Waals surface area (Å²) in [6, 6.07) is 10.6. The molecule has 1 aliphatic heterocycles. The number of aromatic nitrogens is 1. The molecule has 31 heavy (non-hydrogen) atoms. The lowest BCUT2D eigenvalue weighted by Crippen LogP contribution is -2.21. The molecule has 0 unspecified atom stereocenters. The van der Waals surface area contributed by atoms with Crippen molar-refractivity contribution in [1.29, 1.82) is 0 Å². The summed E-state index contributed by atoms with van der Waals surface area (Å²) in [4.78, 5) is 29.9. The third-order valence-electron chi connectivity index (χ3n) is 4.59. The van der Waals surface area contributed by atoms with Gasteiger partial charge in [-0.1, -0.05) is 0 Å². The summed E-state index contributed by atoms with van der Waals surface area (Å²) in [5.74, 6) is -0.487. The Kier molecular flexibility index (Phi) is 5.34. The highest BCUT2D eigenvalue weighted by Gasteiger charge is 2.27. The molecule has 158 valence electrons. The molecule has 0 radical (unpaired) electrons. The molecule has 1 aromatic heterocycles. The first-order valence-corrected chi connectivity index (χ1v) is 11.5. The summed E-state index contributed by atoms with van der Waals surface area (Å²) in [5.41, 5.74) is 2.16. The molecule has 0 bridgehead atoms. The van der Waals surface area contributed by atoms with Gasteiger partial charge in [-0.15, -0.1) is 11.3 Å². The zero-order valence-electron chi connectivity index (χ0n) is 16.6. The lowest BCUT2D eigenvalue weighted by molar-refractivity contribution is -0.110. The highest BCUT2D eigenvalue weighted by molar-refractivity contribution is 7.92. The molecule has 1 aliphatic rings. The van der Waals surface area contributed by atoms with Crippen LogP contribution in [0.2, 0.25) is 0 Å². The van der Waals surface area contributed by atoms with E-state index in [0.29, 0.717) is 33.1 Å². The van der Waals surface area contributed by atoms with Crippen LogP contribution in [0, 0.1) is 0 Å². The van der Waals surface area contributed by atoms with Gasteiger partial charge in [0.25, 0.3) is 21.8 Å². The number of nitrogens with one attached hydrogen (secondary N) is 2. The minimum Gasteiger partial charge on any atom is -0.345 e. The van der Waals surface area contributed by atoms with E-state index in [4.69, 9.17) is 0 Å². The van der Waals surface area contributed by atoms with Crippen molar-refractivity contribution in [3.63, 3.8) is 0 Å². The molecule has 0 aliphatic carbocycles. The second-order valence-electron chi connectivity index (χ2n) is 6.97. The monoisotopic (exact) mass is 454 g/mol. The van der Waals surface area contributed by atoms with Crippen LogP contribution >= 0.6 is 11.3 Å². The van der Waals surface area contributed by atoms with Gasteiger partial charge < -0.3 is 10.2 Å². The molecular weight excluding hydrogens is 436 g/mol. The molecular formula is C21H18N4O4S2. The SMILES string of the molecule is CN(C)C(=O)c1ccc(NS(=O)(=O)c2ccc3c(c2)/C(=C\c2nccs2)C(=O)N3)cc1. The first-order valence-electron chi connectivity index (χ1n) is 9.16. The van der Waals surface area contributed by atoms with Crippen molar-refractivity contribution in [2.24, 2.45) is 0 Å². The number of carbonyl (C=O) groups excluding carboxylic acids is 2. The Morgan fingerprint density at radius 1 is 1.16 bits per heavy atom. The van der Waals surface area contributed by atoms with E-state index in [1.807, 2.05) is 0 Å². The Hall–Kier alpha value is -3.50. The number of amides is 2. The van der Waals surface area contributed by atoms with E-state index >= 15 is 0 Å². The molecule has 2 aromatic carbocycles. The number of sulfonamides is 1. The molecule has 2 amide bonds. The fourth-order valence-electron chi connectivity index (χ4n) is 3.06. The number of nitrogens with zero attached hydrogens (tertiary/aromatic N) is 2. The van der Waals surface area contributed by atoms with Crippen LogP contribution in [0.1, 0.15) is 20.9 Å². The third-order valence-corrected chi connectivity index (χ3v) is 6.70. The summed E-state index contributed by atoms with van der Waals surface area (Å²) < 4.78 is 28.3. The number of benzene rings is 2. The van der Waals surface area contributed by atoms with Crippen LogP contribution < -0.4 is 10.0 Å². The largest absolute Gasteiger partial charge is 0.345 e. The van der Waals surface area contributed by atoms with Crippen LogP contribution in [0.5, 0.6) is 0 Å². The van der Waals surface area contributed by atoms with Crippen molar-refractivity contribution in [1.82, 2.24) is 9.88 Å². The summed E-state index contributed by atoms with van der Waals surface area (Å²) in [7, 11) is -0.627. The average Bonchev–Trinajstić information content (AvgIpc) is 3.35. The molecule has 2 heterocycles. The predicted octanol–water partition coefficient (Wildman–Crippen LogP) is 3.14. The summed E-state index contributed by atoms with van der Waals surface area (Å²) in [6.45, 7) is 0. The second kappa shape index (κ2) is 7.97. The number of fused-ring (bicyclic) bond motifs is 1. The van der Waals surface area contributed by atoms with Crippen LogP contribution in [0.3, 0.4) is 0 Å². The second-order valence-corrected chi connectivity index (χ2v) is 9.58. The predicted molar refractivity (Wildman–Crippen MR) is 120 cm³/mol. The summed E-state index contributed by atoms with van der Waals surface area (Å²) in [6.07, 6.45) is 3.27. The summed E-state index contributed by atoms with van der Waals surface area (Å²) >= 11 is 1.38. The number of hydrogen-bond acceptors (Lipinski definition) is 6. The molecule has 4 rings (SSSR count). The molecule has 0 spiro atoms. The van der Waals surface area contributed by atoms with Gasteiger partial charge in [0.2, 0.25) is 0 Å². The maximum absolute atomic E-state index is 12.9. The first kappa shape index (κ1) is 20.8. The van der Waals surface area contributed by atoms with Crippen molar-refractivity contribution >= 4 is 56.2 Å². The van der Waals surface area contributed by atoms with Crippen LogP contribution in [0.15, 0.2) is 58.9 Å². The summed E-state index contributed by atoms with van der Waals surface area (Å²) in [5, 5.41) is 5.18. The van der Waals surface area contributed by atoms with E-state index < -0.39 is 10.0 Å². The van der Waals surface area contributed by atoms with E-state index in [0.717, 1.165) is 0 Å². The van der Waals surface area contributed by atoms with Gasteiger partial charge in [0, 0.05) is 48.2 Å². The van der Waals surface area contributed by atoms with E-state index in [1.165, 1.54) is 40.5 Å². The Morgan fingerprint density at radius 3 is 2.55 bits per heavy atom. The first-order chi connectivity index (χ1) is 14.7. The van der Waals surface area contributed by atoms with E-state index in [2.05, 4.69) is 15.0 Å². The number of hydrogen-bond donors (Lipinski definition) is 2. The van der Waals surface area contributed by atoms with E-state index in [1.54, 1.807) is 49.9 Å². The molecule has 8 nitrogen and oxygen atoms in total. The standard InChI is InChI=1S/C21H18N4O4S2/c1-25(2)21(27)13-3-5-14(6-4-13)24-31(28,29)15-7-8-18-16(11-15)17(20(26)23-18)12-19-22-9-10-30-19/h3-12,24H,1-2H3,(H,23,26)/b17-12+. The van der Waals surface area contributed by atoms with Crippen molar-refractivity contribution in [3.8, 4) is 0 Å². The number of carbonyl (C=O) groups is 2. The van der Waals surface area contributed by atoms with Gasteiger partial charge >= 0.3 is 0 Å². The van der Waals surface area contributed by atoms with Gasteiger partial charge in [0.1, 0.15) is 5.01 Å². The van der Waals surface area contributed by atoms with Gasteiger partial charge in [-0.05, 0) is 48.5 Å². The lowest BCUT2D eigenvalue weighted by atomic mass is 10.1. The molecule has 0 saturated carbocycles. The molecule has 2 N–H and O–H groups in total. The van der Waals surface area contributed by atoms with Crippen molar-refractivity contribution in [2.75, 3.05) is 24.1 Å². The Morgan fingerprint density at radius 2 is 1.90 bits per heavy atom. The van der Waals surface area contributed by atoms with Crippen LogP contribution in [0.25, 0.3) is 11.6 Å². The van der Waals surface area contributed by atoms with Crippen LogP contribution in [-0.2, 0) is 14.8 Å². The van der Waals surface area contributed by atoms with Crippen molar-refractivity contribution in [2.45, 2.75) is 4.90 Å². The van der Waals surface area contributed by atoms with Gasteiger partial charge in [-0.2, -0.15) is 0 Å². The van der Waals surface area contributed by atoms with Gasteiger partial charge in [0.15, 0.2) is 0 Å². The van der Waals surface area contributed by atoms with Gasteiger partial charge in [-0.3, -0.25) is 14.3 Å². The van der Waals surface area contributed by atoms with E-state index in [9.17, 15) is 18.0 Å². The van der Waals surface area contributed by atoms with E-state index in [-0.39, 0.29) is 16.7 Å². The van der Waals surface area contributed by atoms with Gasteiger partial charge in [0.05, 0.1) is 10.5 Å². The molecule has 3 aromatic rings. The Bertz CT molecular complexity index is 1300. The van der Waals surface area contributed by atoms with Crippen molar-refractivity contribution < 1.29 is 18.0 Å². The highest BCUT2D eigenvalue weighted by atomic mass is 32.2. The topological polar surface area (TPSA) is 108 Å². The number of anilines is 2. The zero-order valence-corrected chi connectivity index (χ0v) is 18.3. The van der Waals surface area contributed by atoms with Crippen molar-refractivity contribution in [3.05, 3.63) is 70.2 Å². The minimum absolute atomic E-state index is 0.0150. The molecule has 0 fully saturated rings. The molecule has 0 saturated heterocycles. The minimum atomic E-state index is -3.91. The zero-order chi connectivity index (χ0) is 22.2. The maximum Gasteiger partial charge on any atom is 0.261 e. The van der Waals surface area contributed by atoms with Crippen LogP contribution in [0.4, 0.5) is 11.4 Å². The highest BCUT2D eigenvalue weighted by Crippen LogP contribution is 2.35. The number of thiazole rings is 1. The normalized spacial score (nSPS) is 14.3. The maximum atomic E-state index is 12.9. The molecule has 0 atom stereocenters. The smallest absolute Gasteiger partial charge is 0.261 e. The quantitative estimate of drug-likeness (QED) is 0.576. The molecule has 10 heteroatoms. The fraction of sp³-hybridized carbons (Fsp3) is 0.0952. The fourth-order valence-corrected chi connectivity index (χ4v) is 4.71. The number of rotatable bonds is 5. The average molecular weight is 455 g/mol. The Labute approximate surface area is 183 Å². The van der Waals surface area contributed by atoms with Crippen LogP contribution in [-0.4, -0.2) is 44.2 Å². The Balaban J connectivity index is 1.62. The lowest BCUT2D eigenvalue weighted by Gasteiger charge is -2.12.